The van der Waals surface area contributed by atoms with Gasteiger partial charge in [-0.2, -0.15) is 0 Å². The second kappa shape index (κ2) is 11.6. The number of amides is 1. The highest BCUT2D eigenvalue weighted by atomic mass is 16.5. The summed E-state index contributed by atoms with van der Waals surface area (Å²) in [5.74, 6) is 1.24. The summed E-state index contributed by atoms with van der Waals surface area (Å²) < 4.78 is 12.7. The minimum absolute atomic E-state index is 0.103. The van der Waals surface area contributed by atoms with Crippen LogP contribution in [0.3, 0.4) is 0 Å². The van der Waals surface area contributed by atoms with Gasteiger partial charge in [0.15, 0.2) is 0 Å². The lowest BCUT2D eigenvalue weighted by Gasteiger charge is -2.26. The molecule has 10 heteroatoms. The molecular weight excluding hydrogens is 378 g/mol. The fourth-order valence-corrected chi connectivity index (χ4v) is 3.87. The van der Waals surface area contributed by atoms with Crippen molar-refractivity contribution < 1.29 is 24.2 Å². The first-order valence-electron chi connectivity index (χ1n) is 9.74. The predicted molar refractivity (Wildman–Crippen MR) is 105 cm³/mol. The highest BCUT2D eigenvalue weighted by Crippen LogP contribution is 2.41. The van der Waals surface area contributed by atoms with E-state index in [-0.39, 0.29) is 18.3 Å². The summed E-state index contributed by atoms with van der Waals surface area (Å²) >= 11 is 0. The van der Waals surface area contributed by atoms with Crippen LogP contribution in [0.4, 0.5) is 0 Å². The molecule has 0 bridgehead atoms. The molecule has 1 aromatic heterocycles. The standard InChI is InChI=1S/C18H29N5O3.CH2O2/c1-3-4-7-22-10-15-11-26-13-18(15,12-22)17(24)19-6-5-16-21-20-14-23(16)8-9-25-2;2-1-3/h3-4,14-15H,5-13H2,1-2H3,(H,19,24);1H,(H,2,3)/b4-3+;/t15-,18-;/m1./s1. The maximum Gasteiger partial charge on any atom is 0.290 e. The number of hydrogen-bond donors (Lipinski definition) is 2. The summed E-state index contributed by atoms with van der Waals surface area (Å²) in [4.78, 5) is 23.7. The average molecular weight is 409 g/mol. The normalized spacial score (nSPS) is 23.6. The van der Waals surface area contributed by atoms with Crippen LogP contribution >= 0.6 is 0 Å². The van der Waals surface area contributed by atoms with Gasteiger partial charge in [-0.25, -0.2) is 0 Å². The summed E-state index contributed by atoms with van der Waals surface area (Å²) in [6, 6.07) is 0. The van der Waals surface area contributed by atoms with Crippen molar-refractivity contribution in [3.8, 4) is 0 Å². The van der Waals surface area contributed by atoms with Gasteiger partial charge in [-0.3, -0.25) is 14.5 Å². The van der Waals surface area contributed by atoms with Crippen LogP contribution in [0, 0.1) is 11.3 Å². The minimum atomic E-state index is -0.411. The van der Waals surface area contributed by atoms with Crippen LogP contribution in [0.2, 0.25) is 0 Å². The minimum Gasteiger partial charge on any atom is -0.483 e. The van der Waals surface area contributed by atoms with Gasteiger partial charge in [0.1, 0.15) is 12.2 Å². The van der Waals surface area contributed by atoms with Gasteiger partial charge in [-0.15, -0.1) is 10.2 Å². The van der Waals surface area contributed by atoms with Gasteiger partial charge in [0.05, 0.1) is 25.2 Å². The van der Waals surface area contributed by atoms with E-state index in [0.29, 0.717) is 39.3 Å². The van der Waals surface area contributed by atoms with Crippen LogP contribution in [0.5, 0.6) is 0 Å². The zero-order valence-corrected chi connectivity index (χ0v) is 17.1. The van der Waals surface area contributed by atoms with Crippen molar-refractivity contribution >= 4 is 12.4 Å². The Kier molecular flexibility index (Phi) is 9.23. The maximum atomic E-state index is 13.0. The van der Waals surface area contributed by atoms with Crippen molar-refractivity contribution in [1.82, 2.24) is 25.0 Å². The third-order valence-corrected chi connectivity index (χ3v) is 5.36. The molecule has 2 atom stereocenters. The highest BCUT2D eigenvalue weighted by Gasteiger charge is 2.55. The number of carbonyl (C=O) groups excluding carboxylic acids is 1. The zero-order valence-electron chi connectivity index (χ0n) is 17.1. The number of hydrogen-bond acceptors (Lipinski definition) is 7. The van der Waals surface area contributed by atoms with E-state index in [1.54, 1.807) is 13.4 Å². The zero-order chi connectivity index (χ0) is 21.1. The van der Waals surface area contributed by atoms with Gasteiger partial charge in [0, 0.05) is 52.2 Å². The molecule has 0 saturated carbocycles. The largest absolute Gasteiger partial charge is 0.483 e. The number of nitrogens with zero attached hydrogens (tertiary/aromatic N) is 4. The molecular formula is C19H31N5O5. The summed E-state index contributed by atoms with van der Waals surface area (Å²) in [5.41, 5.74) is -0.411. The first-order valence-corrected chi connectivity index (χ1v) is 9.74. The van der Waals surface area contributed by atoms with E-state index in [1.165, 1.54) is 0 Å². The summed E-state index contributed by atoms with van der Waals surface area (Å²) in [6.07, 6.45) is 6.54. The number of nitrogens with one attached hydrogen (secondary N) is 1. The van der Waals surface area contributed by atoms with Crippen LogP contribution in [-0.2, 0) is 32.0 Å². The van der Waals surface area contributed by atoms with Crippen molar-refractivity contribution in [3.05, 3.63) is 24.3 Å². The smallest absolute Gasteiger partial charge is 0.290 e. The molecule has 29 heavy (non-hydrogen) atoms. The second-order valence-electron chi connectivity index (χ2n) is 7.18. The van der Waals surface area contributed by atoms with Crippen LogP contribution in [0.1, 0.15) is 12.7 Å². The quantitative estimate of drug-likeness (QED) is 0.425. The first kappa shape index (κ1) is 23.0. The molecule has 0 spiro atoms. The van der Waals surface area contributed by atoms with E-state index in [0.717, 1.165) is 25.5 Å². The Morgan fingerprint density at radius 2 is 2.34 bits per heavy atom. The number of allylic oxidation sites excluding steroid dienone is 1. The average Bonchev–Trinajstić information content (AvgIpc) is 3.39. The third-order valence-electron chi connectivity index (χ3n) is 5.36. The number of ether oxygens (including phenoxy) is 2. The number of aromatic nitrogens is 3. The Labute approximate surface area is 170 Å². The molecule has 2 aliphatic rings. The Morgan fingerprint density at radius 3 is 3.07 bits per heavy atom. The molecule has 3 rings (SSSR count). The Morgan fingerprint density at radius 1 is 1.55 bits per heavy atom. The highest BCUT2D eigenvalue weighted by molar-refractivity contribution is 5.84. The molecule has 0 aromatic carbocycles. The van der Waals surface area contributed by atoms with E-state index in [2.05, 4.69) is 32.6 Å². The summed E-state index contributed by atoms with van der Waals surface area (Å²) in [7, 11) is 1.67. The van der Waals surface area contributed by atoms with Gasteiger partial charge in [0.2, 0.25) is 5.91 Å². The van der Waals surface area contributed by atoms with Crippen molar-refractivity contribution in [3.63, 3.8) is 0 Å². The SMILES string of the molecule is C/C=C/CN1C[C@@H]2COC[C@]2(C(=O)NCCc2nncn2CCOC)C1.O=CO. The fourth-order valence-electron chi connectivity index (χ4n) is 3.87. The number of rotatable bonds is 9. The molecule has 0 unspecified atom stereocenters. The first-order chi connectivity index (χ1) is 14.1. The van der Waals surface area contributed by atoms with Crippen LogP contribution in [-0.4, -0.2) is 90.3 Å². The van der Waals surface area contributed by atoms with Crippen LogP contribution < -0.4 is 5.32 Å². The molecule has 162 valence electrons. The molecule has 2 aliphatic heterocycles. The summed E-state index contributed by atoms with van der Waals surface area (Å²) in [5, 5.41) is 18.1. The van der Waals surface area contributed by atoms with Gasteiger partial charge < -0.3 is 24.5 Å². The summed E-state index contributed by atoms with van der Waals surface area (Å²) in [6.45, 7) is 7.41. The number of carbonyl (C=O) groups is 2. The van der Waals surface area contributed by atoms with Crippen molar-refractivity contribution in [1.29, 1.82) is 0 Å². The van der Waals surface area contributed by atoms with Crippen molar-refractivity contribution in [2.24, 2.45) is 11.3 Å². The predicted octanol–water partition coefficient (Wildman–Crippen LogP) is -0.191. The lowest BCUT2D eigenvalue weighted by Crippen LogP contribution is -2.47. The van der Waals surface area contributed by atoms with E-state index in [1.807, 2.05) is 11.5 Å². The van der Waals surface area contributed by atoms with E-state index >= 15 is 0 Å². The second-order valence-corrected chi connectivity index (χ2v) is 7.18. The van der Waals surface area contributed by atoms with E-state index < -0.39 is 5.41 Å². The van der Waals surface area contributed by atoms with Crippen molar-refractivity contribution in [2.45, 2.75) is 19.9 Å². The third kappa shape index (κ3) is 5.84. The molecule has 2 N–H and O–H groups in total. The molecule has 10 nitrogen and oxygen atoms in total. The van der Waals surface area contributed by atoms with Gasteiger partial charge >= 0.3 is 0 Å². The molecule has 0 aliphatic carbocycles. The maximum absolute atomic E-state index is 13.0. The van der Waals surface area contributed by atoms with Crippen LogP contribution in [0.25, 0.3) is 0 Å². The van der Waals surface area contributed by atoms with E-state index in [4.69, 9.17) is 19.4 Å². The number of methoxy groups -OCH3 is 1. The molecule has 2 saturated heterocycles. The topological polar surface area (TPSA) is 119 Å². The molecule has 2 fully saturated rings. The fraction of sp³-hybridized carbons (Fsp3) is 0.684. The van der Waals surface area contributed by atoms with Gasteiger partial charge in [0.25, 0.3) is 6.47 Å². The Bertz CT molecular complexity index is 680. The molecule has 0 radical (unpaired) electrons. The molecule has 1 amide bonds. The van der Waals surface area contributed by atoms with E-state index in [9.17, 15) is 4.79 Å². The number of likely N-dealkylation sites (tertiary alicyclic amines) is 1. The van der Waals surface area contributed by atoms with Crippen LogP contribution in [0.15, 0.2) is 18.5 Å². The number of carboxylic acid groups (broad SMARTS) is 1. The lowest BCUT2D eigenvalue weighted by atomic mass is 9.80. The molecule has 1 aromatic rings. The Hall–Kier alpha value is -2.30. The monoisotopic (exact) mass is 409 g/mol. The van der Waals surface area contributed by atoms with Gasteiger partial charge in [-0.1, -0.05) is 12.2 Å². The number of fused-ring (bicyclic) bond motifs is 1. The van der Waals surface area contributed by atoms with Gasteiger partial charge in [-0.05, 0) is 6.92 Å². The Balaban J connectivity index is 0.000000941. The lowest BCUT2D eigenvalue weighted by molar-refractivity contribution is -0.131. The molecule has 3 heterocycles. The van der Waals surface area contributed by atoms with Crippen molar-refractivity contribution in [2.75, 3.05) is 53.1 Å².